The highest BCUT2D eigenvalue weighted by molar-refractivity contribution is 6.31. The predicted octanol–water partition coefficient (Wildman–Crippen LogP) is 3.35. The molecule has 1 amide bonds. The van der Waals surface area contributed by atoms with Gasteiger partial charge in [0.2, 0.25) is 5.91 Å². The van der Waals surface area contributed by atoms with Crippen LogP contribution in [0.25, 0.3) is 0 Å². The summed E-state index contributed by atoms with van der Waals surface area (Å²) >= 11 is 6.26. The van der Waals surface area contributed by atoms with Crippen molar-refractivity contribution in [2.45, 2.75) is 18.9 Å². The van der Waals surface area contributed by atoms with Crippen LogP contribution in [0.15, 0.2) is 66.7 Å². The molecule has 3 rings (SSSR count). The number of phenolic OH excluding ortho intramolecular Hbond substituents is 1. The molecule has 3 aromatic rings. The van der Waals surface area contributed by atoms with Crippen LogP contribution in [0.3, 0.4) is 0 Å². The Kier molecular flexibility index (Phi) is 10.3. The van der Waals surface area contributed by atoms with Crippen molar-refractivity contribution >= 4 is 53.5 Å². The molecule has 10 nitrogen and oxygen atoms in total. The number of anilines is 1. The number of amides is 1. The number of nitrogens with one attached hydrogen (secondary N) is 3. The van der Waals surface area contributed by atoms with Crippen molar-refractivity contribution in [3.63, 3.8) is 0 Å². The van der Waals surface area contributed by atoms with E-state index in [-0.39, 0.29) is 53.3 Å². The summed E-state index contributed by atoms with van der Waals surface area (Å²) in [6.45, 7) is 0. The predicted molar refractivity (Wildman–Crippen MR) is 141 cm³/mol. The fraction of sp³-hybridized carbons (Fsp3) is 0.120. The van der Waals surface area contributed by atoms with Crippen molar-refractivity contribution in [1.82, 2.24) is 5.32 Å². The smallest absolute Gasteiger partial charge is 0.343 e. The quantitative estimate of drug-likeness (QED) is 0.102. The Morgan fingerprint density at radius 1 is 1.03 bits per heavy atom. The summed E-state index contributed by atoms with van der Waals surface area (Å²) < 4.78 is 5.33. The molecule has 0 unspecified atom stereocenters. The van der Waals surface area contributed by atoms with E-state index in [1.807, 2.05) is 0 Å². The normalized spacial score (nSPS) is 10.9. The van der Waals surface area contributed by atoms with E-state index in [0.29, 0.717) is 16.8 Å². The first-order chi connectivity index (χ1) is 17.1. The van der Waals surface area contributed by atoms with Gasteiger partial charge >= 0.3 is 11.9 Å². The van der Waals surface area contributed by atoms with E-state index in [0.717, 1.165) is 0 Å². The van der Waals surface area contributed by atoms with Gasteiger partial charge in [0.25, 0.3) is 0 Å². The monoisotopic (exact) mass is 546 g/mol. The number of hydrogen-bond acceptors (Lipinski definition) is 6. The van der Waals surface area contributed by atoms with Gasteiger partial charge in [-0.15, -0.1) is 12.4 Å². The lowest BCUT2D eigenvalue weighted by atomic mass is 10.0. The Bertz CT molecular complexity index is 1280. The second-order valence-electron chi connectivity index (χ2n) is 7.76. The number of guanidine groups is 1. The van der Waals surface area contributed by atoms with Gasteiger partial charge in [-0.1, -0.05) is 29.8 Å². The van der Waals surface area contributed by atoms with Crippen LogP contribution in [-0.2, 0) is 22.4 Å². The summed E-state index contributed by atoms with van der Waals surface area (Å²) in [7, 11) is 0. The van der Waals surface area contributed by atoms with Crippen LogP contribution in [0.5, 0.6) is 11.5 Å². The summed E-state index contributed by atoms with van der Waals surface area (Å²) in [6.07, 6.45) is -0.146. The maximum Gasteiger partial charge on any atom is 0.343 e. The van der Waals surface area contributed by atoms with Gasteiger partial charge in [-0.25, -0.2) is 9.59 Å². The second kappa shape index (κ2) is 13.1. The van der Waals surface area contributed by atoms with Crippen LogP contribution in [0, 0.1) is 5.41 Å². The zero-order valence-electron chi connectivity index (χ0n) is 19.2. The first-order valence-corrected chi connectivity index (χ1v) is 11.0. The number of carbonyl (C=O) groups excluding carboxylic acids is 2. The number of benzene rings is 3. The average molecular weight is 547 g/mol. The van der Waals surface area contributed by atoms with Crippen molar-refractivity contribution < 1.29 is 29.3 Å². The van der Waals surface area contributed by atoms with Gasteiger partial charge in [0, 0.05) is 17.1 Å². The van der Waals surface area contributed by atoms with E-state index in [1.165, 1.54) is 42.5 Å². The third-order valence-corrected chi connectivity index (χ3v) is 5.35. The molecule has 3 aromatic carbocycles. The molecule has 0 heterocycles. The molecule has 0 saturated heterocycles. The van der Waals surface area contributed by atoms with Gasteiger partial charge < -0.3 is 31.3 Å². The number of hydrogen-bond donors (Lipinski definition) is 6. The molecule has 0 aliphatic carbocycles. The number of carbonyl (C=O) groups is 3. The zero-order chi connectivity index (χ0) is 26.2. The van der Waals surface area contributed by atoms with Gasteiger partial charge in [0.1, 0.15) is 17.5 Å². The van der Waals surface area contributed by atoms with Gasteiger partial charge in [0.15, 0.2) is 5.96 Å². The van der Waals surface area contributed by atoms with Crippen LogP contribution in [0.1, 0.15) is 21.5 Å². The van der Waals surface area contributed by atoms with E-state index >= 15 is 0 Å². The Balaban J connectivity index is 0.00000481. The minimum absolute atomic E-state index is 0. The number of carboxylic acids is 1. The number of phenols is 1. The van der Waals surface area contributed by atoms with Gasteiger partial charge in [-0.05, 0) is 59.7 Å². The SMILES string of the molecule is Cl.N=C(N)Nc1ccc(C(=O)Oc2ccc(CC(=O)N[C@@H](Cc3ccc(O)cc3)C(=O)O)c(Cl)c2)cc1. The van der Waals surface area contributed by atoms with Crippen molar-refractivity contribution in [2.75, 3.05) is 5.32 Å². The molecule has 0 saturated carbocycles. The van der Waals surface area contributed by atoms with Crippen molar-refractivity contribution in [2.24, 2.45) is 5.73 Å². The molecule has 1 atom stereocenters. The molecule has 0 fully saturated rings. The highest BCUT2D eigenvalue weighted by Gasteiger charge is 2.21. The lowest BCUT2D eigenvalue weighted by Crippen LogP contribution is -2.43. The third-order valence-electron chi connectivity index (χ3n) is 5.00. The molecule has 12 heteroatoms. The van der Waals surface area contributed by atoms with Gasteiger partial charge in [-0.3, -0.25) is 10.2 Å². The fourth-order valence-electron chi connectivity index (χ4n) is 3.23. The molecule has 7 N–H and O–H groups in total. The highest BCUT2D eigenvalue weighted by atomic mass is 35.5. The molecule has 0 bridgehead atoms. The summed E-state index contributed by atoms with van der Waals surface area (Å²) in [5.74, 6) is -2.40. The molecular formula is C25H24Cl2N4O6. The van der Waals surface area contributed by atoms with Crippen molar-refractivity contribution in [3.05, 3.63) is 88.4 Å². The van der Waals surface area contributed by atoms with Crippen LogP contribution in [-0.4, -0.2) is 40.1 Å². The number of aliphatic carboxylic acids is 1. The Labute approximate surface area is 223 Å². The van der Waals surface area contributed by atoms with Gasteiger partial charge in [-0.2, -0.15) is 0 Å². The molecule has 194 valence electrons. The number of carboxylic acid groups (broad SMARTS) is 1. The maximum absolute atomic E-state index is 12.5. The number of ether oxygens (including phenoxy) is 1. The summed E-state index contributed by atoms with van der Waals surface area (Å²) in [5.41, 5.74) is 7.12. The van der Waals surface area contributed by atoms with Crippen molar-refractivity contribution in [3.8, 4) is 11.5 Å². The number of esters is 1. The lowest BCUT2D eigenvalue weighted by molar-refractivity contribution is -0.141. The maximum atomic E-state index is 12.5. The molecule has 37 heavy (non-hydrogen) atoms. The van der Waals surface area contributed by atoms with Crippen LogP contribution >= 0.6 is 24.0 Å². The Hall–Kier alpha value is -4.28. The van der Waals surface area contributed by atoms with Crippen molar-refractivity contribution in [1.29, 1.82) is 5.41 Å². The summed E-state index contributed by atoms with van der Waals surface area (Å²) in [4.78, 5) is 36.5. The number of nitrogens with two attached hydrogens (primary N) is 1. The zero-order valence-corrected chi connectivity index (χ0v) is 20.8. The Morgan fingerprint density at radius 3 is 2.24 bits per heavy atom. The van der Waals surface area contributed by atoms with E-state index < -0.39 is 23.9 Å². The number of rotatable bonds is 9. The number of halogens is 2. The van der Waals surface area contributed by atoms with E-state index in [1.54, 1.807) is 24.3 Å². The molecule has 0 radical (unpaired) electrons. The second-order valence-corrected chi connectivity index (χ2v) is 8.17. The highest BCUT2D eigenvalue weighted by Crippen LogP contribution is 2.24. The van der Waals surface area contributed by atoms with Crippen LogP contribution in [0.4, 0.5) is 5.69 Å². The Morgan fingerprint density at radius 2 is 1.68 bits per heavy atom. The standard InChI is InChI=1S/C25H23ClN4O6.ClH/c26-20-13-19(36-24(35)15-3-6-17(7-4-15)29-25(27)28)10-5-16(20)12-22(32)30-21(23(33)34)11-14-1-8-18(31)9-2-14;/h1-10,13,21,31H,11-12H2,(H,30,32)(H,33,34)(H4,27,28,29);1H/t21-;/m0./s1. The van der Waals surface area contributed by atoms with Crippen LogP contribution < -0.4 is 21.1 Å². The minimum atomic E-state index is -1.20. The lowest BCUT2D eigenvalue weighted by Gasteiger charge is -2.15. The fourth-order valence-corrected chi connectivity index (χ4v) is 3.47. The largest absolute Gasteiger partial charge is 0.508 e. The molecule has 0 aliphatic heterocycles. The molecule has 0 aliphatic rings. The molecular weight excluding hydrogens is 523 g/mol. The van der Waals surface area contributed by atoms with E-state index in [4.69, 9.17) is 27.5 Å². The first kappa shape index (κ1) is 29.0. The summed E-state index contributed by atoms with van der Waals surface area (Å²) in [5, 5.41) is 31.3. The first-order valence-electron chi connectivity index (χ1n) is 10.6. The third kappa shape index (κ3) is 8.71. The molecule has 0 aromatic heterocycles. The van der Waals surface area contributed by atoms with Gasteiger partial charge in [0.05, 0.1) is 12.0 Å². The van der Waals surface area contributed by atoms with E-state index in [9.17, 15) is 24.6 Å². The molecule has 0 spiro atoms. The topological polar surface area (TPSA) is 175 Å². The summed E-state index contributed by atoms with van der Waals surface area (Å²) in [6, 6.07) is 15.4. The van der Waals surface area contributed by atoms with Crippen LogP contribution in [0.2, 0.25) is 5.02 Å². The average Bonchev–Trinajstić information content (AvgIpc) is 2.81. The number of aromatic hydroxyl groups is 1. The minimum Gasteiger partial charge on any atom is -0.508 e. The van der Waals surface area contributed by atoms with E-state index in [2.05, 4.69) is 10.6 Å².